The summed E-state index contributed by atoms with van der Waals surface area (Å²) < 4.78 is 5.05. The molecule has 98 valence electrons. The number of rotatable bonds is 5. The lowest BCUT2D eigenvalue weighted by atomic mass is 10.2. The first-order valence-electron chi connectivity index (χ1n) is 6.10. The molecule has 0 aliphatic heterocycles. The van der Waals surface area contributed by atoms with Crippen LogP contribution in [0, 0.1) is 5.92 Å². The van der Waals surface area contributed by atoms with E-state index >= 15 is 0 Å². The Morgan fingerprint density at radius 2 is 1.88 bits per heavy atom. The summed E-state index contributed by atoms with van der Waals surface area (Å²) in [6.07, 6.45) is 2.26. The SMILES string of the molecule is CC(C)(C)OC(=O)NCCC(=O)NCC1CC1. The van der Waals surface area contributed by atoms with Gasteiger partial charge in [0.2, 0.25) is 5.91 Å². The van der Waals surface area contributed by atoms with E-state index in [4.69, 9.17) is 4.74 Å². The third kappa shape index (κ3) is 7.60. The number of alkyl carbamates (subject to hydrolysis) is 1. The molecular formula is C12H22N2O3. The van der Waals surface area contributed by atoms with Crippen LogP contribution in [0.1, 0.15) is 40.0 Å². The minimum Gasteiger partial charge on any atom is -0.444 e. The molecule has 0 aromatic rings. The summed E-state index contributed by atoms with van der Waals surface area (Å²) in [5.74, 6) is 0.658. The van der Waals surface area contributed by atoms with Gasteiger partial charge in [0.15, 0.2) is 0 Å². The largest absolute Gasteiger partial charge is 0.444 e. The van der Waals surface area contributed by atoms with Gasteiger partial charge in [-0.15, -0.1) is 0 Å². The summed E-state index contributed by atoms with van der Waals surface area (Å²) in [4.78, 5) is 22.6. The number of hydrogen-bond acceptors (Lipinski definition) is 3. The topological polar surface area (TPSA) is 67.4 Å². The predicted molar refractivity (Wildman–Crippen MR) is 64.6 cm³/mol. The number of hydrogen-bond donors (Lipinski definition) is 2. The fraction of sp³-hybridized carbons (Fsp3) is 0.833. The Morgan fingerprint density at radius 3 is 2.41 bits per heavy atom. The molecule has 17 heavy (non-hydrogen) atoms. The van der Waals surface area contributed by atoms with Gasteiger partial charge >= 0.3 is 6.09 Å². The molecule has 0 saturated heterocycles. The standard InChI is InChI=1S/C12H22N2O3/c1-12(2,3)17-11(16)13-7-6-10(15)14-8-9-4-5-9/h9H,4-8H2,1-3H3,(H,13,16)(H,14,15). The van der Waals surface area contributed by atoms with Crippen molar-refractivity contribution in [2.24, 2.45) is 5.92 Å². The quantitative estimate of drug-likeness (QED) is 0.766. The van der Waals surface area contributed by atoms with E-state index in [9.17, 15) is 9.59 Å². The van der Waals surface area contributed by atoms with Crippen molar-refractivity contribution in [3.8, 4) is 0 Å². The molecule has 2 amide bonds. The van der Waals surface area contributed by atoms with Crippen LogP contribution in [-0.4, -0.2) is 30.7 Å². The molecule has 0 bridgehead atoms. The second-order valence-corrected chi connectivity index (χ2v) is 5.43. The van der Waals surface area contributed by atoms with Crippen LogP contribution in [0.3, 0.4) is 0 Å². The van der Waals surface area contributed by atoms with Crippen LogP contribution >= 0.6 is 0 Å². The third-order valence-corrected chi connectivity index (χ3v) is 2.31. The van der Waals surface area contributed by atoms with Gasteiger partial charge in [-0.05, 0) is 39.5 Å². The van der Waals surface area contributed by atoms with Crippen molar-refractivity contribution in [1.29, 1.82) is 0 Å². The molecule has 5 nitrogen and oxygen atoms in total. The lowest BCUT2D eigenvalue weighted by molar-refractivity contribution is -0.121. The molecule has 1 rings (SSSR count). The van der Waals surface area contributed by atoms with Gasteiger partial charge in [0.25, 0.3) is 0 Å². The zero-order chi connectivity index (χ0) is 12.9. The summed E-state index contributed by atoms with van der Waals surface area (Å²) in [6, 6.07) is 0. The van der Waals surface area contributed by atoms with Crippen LogP contribution in [-0.2, 0) is 9.53 Å². The second-order valence-electron chi connectivity index (χ2n) is 5.43. The normalized spacial score (nSPS) is 15.2. The molecule has 0 radical (unpaired) electrons. The van der Waals surface area contributed by atoms with E-state index in [1.54, 1.807) is 20.8 Å². The van der Waals surface area contributed by atoms with Crippen molar-refractivity contribution < 1.29 is 14.3 Å². The fourth-order valence-electron chi connectivity index (χ4n) is 1.26. The number of carbonyl (C=O) groups excluding carboxylic acids is 2. The first-order valence-corrected chi connectivity index (χ1v) is 6.10. The Hall–Kier alpha value is -1.26. The highest BCUT2D eigenvalue weighted by atomic mass is 16.6. The maximum absolute atomic E-state index is 11.3. The van der Waals surface area contributed by atoms with Gasteiger partial charge in [-0.2, -0.15) is 0 Å². The van der Waals surface area contributed by atoms with E-state index in [0.717, 1.165) is 6.54 Å². The second kappa shape index (κ2) is 5.89. The van der Waals surface area contributed by atoms with Gasteiger partial charge in [0.1, 0.15) is 5.60 Å². The molecule has 1 aliphatic rings. The molecule has 0 aromatic carbocycles. The minimum atomic E-state index is -0.502. The van der Waals surface area contributed by atoms with E-state index < -0.39 is 11.7 Å². The number of carbonyl (C=O) groups is 2. The Balaban J connectivity index is 2.01. The zero-order valence-electron chi connectivity index (χ0n) is 10.8. The number of ether oxygens (including phenoxy) is 1. The van der Waals surface area contributed by atoms with Crippen LogP contribution in [0.15, 0.2) is 0 Å². The zero-order valence-corrected chi connectivity index (χ0v) is 10.8. The van der Waals surface area contributed by atoms with E-state index in [1.165, 1.54) is 12.8 Å². The number of amides is 2. The maximum atomic E-state index is 11.3. The van der Waals surface area contributed by atoms with E-state index in [2.05, 4.69) is 10.6 Å². The Labute approximate surface area is 102 Å². The van der Waals surface area contributed by atoms with E-state index in [0.29, 0.717) is 18.9 Å². The predicted octanol–water partition coefficient (Wildman–Crippen LogP) is 1.43. The molecule has 0 heterocycles. The molecule has 0 atom stereocenters. The molecule has 0 spiro atoms. The van der Waals surface area contributed by atoms with Gasteiger partial charge in [-0.1, -0.05) is 0 Å². The van der Waals surface area contributed by atoms with E-state index in [-0.39, 0.29) is 5.91 Å². The maximum Gasteiger partial charge on any atom is 0.407 e. The Morgan fingerprint density at radius 1 is 1.24 bits per heavy atom. The van der Waals surface area contributed by atoms with Crippen molar-refractivity contribution in [3.63, 3.8) is 0 Å². The highest BCUT2D eigenvalue weighted by Gasteiger charge is 2.21. The molecule has 2 N–H and O–H groups in total. The summed E-state index contributed by atoms with van der Waals surface area (Å²) >= 11 is 0. The van der Waals surface area contributed by atoms with Crippen LogP contribution in [0.4, 0.5) is 4.79 Å². The molecule has 1 saturated carbocycles. The highest BCUT2D eigenvalue weighted by Crippen LogP contribution is 2.27. The lowest BCUT2D eigenvalue weighted by Crippen LogP contribution is -2.35. The first kappa shape index (κ1) is 13.8. The molecule has 1 aliphatic carbocycles. The van der Waals surface area contributed by atoms with Gasteiger partial charge in [-0.3, -0.25) is 4.79 Å². The fourth-order valence-corrected chi connectivity index (χ4v) is 1.26. The van der Waals surface area contributed by atoms with Gasteiger partial charge in [-0.25, -0.2) is 4.79 Å². The third-order valence-electron chi connectivity index (χ3n) is 2.31. The summed E-state index contributed by atoms with van der Waals surface area (Å²) in [5, 5.41) is 5.39. The Bertz CT molecular complexity index is 280. The van der Waals surface area contributed by atoms with Gasteiger partial charge < -0.3 is 15.4 Å². The monoisotopic (exact) mass is 242 g/mol. The smallest absolute Gasteiger partial charge is 0.407 e. The van der Waals surface area contributed by atoms with Gasteiger partial charge in [0.05, 0.1) is 0 Å². The molecule has 1 fully saturated rings. The van der Waals surface area contributed by atoms with Crippen molar-refractivity contribution in [2.45, 2.75) is 45.6 Å². The van der Waals surface area contributed by atoms with Crippen LogP contribution in [0.25, 0.3) is 0 Å². The first-order chi connectivity index (χ1) is 7.87. The molecule has 0 unspecified atom stereocenters. The van der Waals surface area contributed by atoms with Crippen molar-refractivity contribution in [2.75, 3.05) is 13.1 Å². The minimum absolute atomic E-state index is 0.0204. The summed E-state index contributed by atoms with van der Waals surface area (Å²) in [7, 11) is 0. The highest BCUT2D eigenvalue weighted by molar-refractivity contribution is 5.77. The van der Waals surface area contributed by atoms with Gasteiger partial charge in [0, 0.05) is 19.5 Å². The van der Waals surface area contributed by atoms with Crippen molar-refractivity contribution >= 4 is 12.0 Å². The van der Waals surface area contributed by atoms with Crippen LogP contribution in [0.5, 0.6) is 0 Å². The summed E-state index contributed by atoms with van der Waals surface area (Å²) in [6.45, 7) is 6.48. The Kier molecular flexibility index (Phi) is 4.78. The van der Waals surface area contributed by atoms with Crippen LogP contribution < -0.4 is 10.6 Å². The van der Waals surface area contributed by atoms with E-state index in [1.807, 2.05) is 0 Å². The molecular weight excluding hydrogens is 220 g/mol. The van der Waals surface area contributed by atoms with Crippen molar-refractivity contribution in [3.05, 3.63) is 0 Å². The summed E-state index contributed by atoms with van der Waals surface area (Å²) in [5.41, 5.74) is -0.502. The molecule has 0 aromatic heterocycles. The number of nitrogens with one attached hydrogen (secondary N) is 2. The van der Waals surface area contributed by atoms with Crippen LogP contribution in [0.2, 0.25) is 0 Å². The molecule has 5 heteroatoms. The lowest BCUT2D eigenvalue weighted by Gasteiger charge is -2.19. The average Bonchev–Trinajstić information content (AvgIpc) is 2.95. The average molecular weight is 242 g/mol. The van der Waals surface area contributed by atoms with Crippen molar-refractivity contribution in [1.82, 2.24) is 10.6 Å².